The molecule has 3 N–H and O–H groups in total. The highest BCUT2D eigenvalue weighted by Crippen LogP contribution is 2.34. The first-order chi connectivity index (χ1) is 7.52. The Bertz CT molecular complexity index is 380. The first-order valence-electron chi connectivity index (χ1n) is 5.24. The van der Waals surface area contributed by atoms with Crippen LogP contribution in [0.25, 0.3) is 0 Å². The van der Waals surface area contributed by atoms with E-state index in [2.05, 4.69) is 0 Å². The van der Waals surface area contributed by atoms with Crippen LogP contribution < -0.4 is 10.5 Å². The normalized spacial score (nSPS) is 12.6. The fourth-order valence-electron chi connectivity index (χ4n) is 1.85. The molecule has 0 saturated heterocycles. The summed E-state index contributed by atoms with van der Waals surface area (Å²) in [5.74, 6) is 0.212. The van der Waals surface area contributed by atoms with E-state index in [1.54, 1.807) is 13.8 Å². The Morgan fingerprint density at radius 2 is 2.12 bits per heavy atom. The van der Waals surface area contributed by atoms with Crippen LogP contribution in [-0.4, -0.2) is 18.8 Å². The van der Waals surface area contributed by atoms with Crippen LogP contribution in [-0.2, 0) is 0 Å². The first-order valence-corrected chi connectivity index (χ1v) is 5.24. The number of nitrogens with two attached hydrogens (primary N) is 1. The van der Waals surface area contributed by atoms with Gasteiger partial charge in [-0.1, -0.05) is 0 Å². The van der Waals surface area contributed by atoms with Gasteiger partial charge in [0.1, 0.15) is 11.6 Å². The molecule has 0 heterocycles. The zero-order chi connectivity index (χ0) is 12.3. The molecular weight excluding hydrogens is 209 g/mol. The summed E-state index contributed by atoms with van der Waals surface area (Å²) in [6.45, 7) is 3.73. The van der Waals surface area contributed by atoms with Gasteiger partial charge in [0.15, 0.2) is 0 Å². The van der Waals surface area contributed by atoms with Crippen molar-refractivity contribution < 1.29 is 14.2 Å². The second-order valence-electron chi connectivity index (χ2n) is 3.84. The number of ether oxygens (including phenoxy) is 1. The SMILES string of the molecule is COc1c(C)cc(F)c(C)c1C(O)CCN. The van der Waals surface area contributed by atoms with E-state index in [1.807, 2.05) is 0 Å². The van der Waals surface area contributed by atoms with Crippen molar-refractivity contribution in [2.45, 2.75) is 26.4 Å². The Morgan fingerprint density at radius 3 is 2.62 bits per heavy atom. The van der Waals surface area contributed by atoms with Gasteiger partial charge in [0.2, 0.25) is 0 Å². The van der Waals surface area contributed by atoms with E-state index in [-0.39, 0.29) is 5.82 Å². The maximum atomic E-state index is 13.6. The van der Waals surface area contributed by atoms with Crippen molar-refractivity contribution in [3.05, 3.63) is 28.6 Å². The van der Waals surface area contributed by atoms with Gasteiger partial charge in [-0.25, -0.2) is 4.39 Å². The molecule has 1 aromatic carbocycles. The molecule has 1 atom stereocenters. The lowest BCUT2D eigenvalue weighted by Crippen LogP contribution is -2.11. The van der Waals surface area contributed by atoms with Crippen LogP contribution in [0.4, 0.5) is 4.39 Å². The topological polar surface area (TPSA) is 55.5 Å². The predicted octanol–water partition coefficient (Wildman–Crippen LogP) is 1.83. The number of benzene rings is 1. The van der Waals surface area contributed by atoms with Crippen LogP contribution in [0.2, 0.25) is 0 Å². The smallest absolute Gasteiger partial charge is 0.128 e. The molecule has 0 aliphatic rings. The predicted molar refractivity (Wildman–Crippen MR) is 61.1 cm³/mol. The van der Waals surface area contributed by atoms with Crippen molar-refractivity contribution in [1.29, 1.82) is 0 Å². The van der Waals surface area contributed by atoms with Gasteiger partial charge in [-0.15, -0.1) is 0 Å². The number of rotatable bonds is 4. The number of methoxy groups -OCH3 is 1. The fraction of sp³-hybridized carbons (Fsp3) is 0.500. The van der Waals surface area contributed by atoms with Gasteiger partial charge in [0, 0.05) is 5.56 Å². The molecular formula is C12H18FNO2. The molecule has 1 aromatic rings. The molecule has 0 radical (unpaired) electrons. The van der Waals surface area contributed by atoms with Crippen molar-refractivity contribution in [2.24, 2.45) is 5.73 Å². The van der Waals surface area contributed by atoms with Crippen LogP contribution in [0.15, 0.2) is 6.07 Å². The molecule has 0 aliphatic carbocycles. The van der Waals surface area contributed by atoms with E-state index in [0.29, 0.717) is 35.4 Å². The second kappa shape index (κ2) is 5.27. The maximum Gasteiger partial charge on any atom is 0.128 e. The highest BCUT2D eigenvalue weighted by atomic mass is 19.1. The molecule has 0 saturated carbocycles. The summed E-state index contributed by atoms with van der Waals surface area (Å²) < 4.78 is 18.8. The molecule has 1 rings (SSSR count). The van der Waals surface area contributed by atoms with Gasteiger partial charge in [-0.2, -0.15) is 0 Å². The van der Waals surface area contributed by atoms with E-state index < -0.39 is 6.10 Å². The second-order valence-corrected chi connectivity index (χ2v) is 3.84. The Hall–Kier alpha value is -1.13. The molecule has 4 heteroatoms. The van der Waals surface area contributed by atoms with Crippen molar-refractivity contribution in [3.8, 4) is 5.75 Å². The Morgan fingerprint density at radius 1 is 1.50 bits per heavy atom. The molecule has 16 heavy (non-hydrogen) atoms. The van der Waals surface area contributed by atoms with Gasteiger partial charge in [0.25, 0.3) is 0 Å². The summed E-state index contributed by atoms with van der Waals surface area (Å²) in [6, 6.07) is 1.41. The summed E-state index contributed by atoms with van der Waals surface area (Å²) >= 11 is 0. The number of hydrogen-bond donors (Lipinski definition) is 2. The van der Waals surface area contributed by atoms with Crippen LogP contribution in [0.5, 0.6) is 5.75 Å². The molecule has 3 nitrogen and oxygen atoms in total. The number of aliphatic hydroxyl groups is 1. The molecule has 0 spiro atoms. The van der Waals surface area contributed by atoms with E-state index in [1.165, 1.54) is 13.2 Å². The van der Waals surface area contributed by atoms with E-state index in [0.717, 1.165) is 0 Å². The van der Waals surface area contributed by atoms with Crippen molar-refractivity contribution in [3.63, 3.8) is 0 Å². The Kier molecular flexibility index (Phi) is 4.26. The summed E-state index contributed by atoms with van der Waals surface area (Å²) in [6.07, 6.45) is -0.394. The number of halogens is 1. The highest BCUT2D eigenvalue weighted by molar-refractivity contribution is 5.47. The minimum absolute atomic E-state index is 0.329. The largest absolute Gasteiger partial charge is 0.496 e. The van der Waals surface area contributed by atoms with Crippen LogP contribution >= 0.6 is 0 Å². The summed E-state index contributed by atoms with van der Waals surface area (Å²) in [5.41, 5.74) is 6.99. The summed E-state index contributed by atoms with van der Waals surface area (Å²) in [5, 5.41) is 9.94. The first kappa shape index (κ1) is 12.9. The van der Waals surface area contributed by atoms with Crippen LogP contribution in [0.3, 0.4) is 0 Å². The van der Waals surface area contributed by atoms with Crippen molar-refractivity contribution in [1.82, 2.24) is 0 Å². The third kappa shape index (κ3) is 2.33. The molecule has 1 unspecified atom stereocenters. The quantitative estimate of drug-likeness (QED) is 0.825. The number of hydrogen-bond acceptors (Lipinski definition) is 3. The van der Waals surface area contributed by atoms with Gasteiger partial charge < -0.3 is 15.6 Å². The molecule has 0 aromatic heterocycles. The standard InChI is InChI=1S/C12H18FNO2/c1-7-6-9(13)8(2)11(12(7)16-3)10(15)4-5-14/h6,10,15H,4-5,14H2,1-3H3. The Balaban J connectivity index is 3.32. The Labute approximate surface area is 95.0 Å². The maximum absolute atomic E-state index is 13.6. The monoisotopic (exact) mass is 227 g/mol. The van der Waals surface area contributed by atoms with E-state index >= 15 is 0 Å². The lowest BCUT2D eigenvalue weighted by atomic mass is 9.96. The summed E-state index contributed by atoms with van der Waals surface area (Å²) in [4.78, 5) is 0. The lowest BCUT2D eigenvalue weighted by Gasteiger charge is -2.19. The van der Waals surface area contributed by atoms with E-state index in [4.69, 9.17) is 10.5 Å². The fourth-order valence-corrected chi connectivity index (χ4v) is 1.85. The van der Waals surface area contributed by atoms with Gasteiger partial charge >= 0.3 is 0 Å². The molecule has 0 bridgehead atoms. The lowest BCUT2D eigenvalue weighted by molar-refractivity contribution is 0.164. The average molecular weight is 227 g/mol. The third-order valence-corrected chi connectivity index (χ3v) is 2.69. The third-order valence-electron chi connectivity index (χ3n) is 2.69. The molecule has 90 valence electrons. The minimum Gasteiger partial charge on any atom is -0.496 e. The number of aryl methyl sites for hydroxylation is 1. The average Bonchev–Trinajstić information content (AvgIpc) is 2.23. The molecule has 0 aliphatic heterocycles. The summed E-state index contributed by atoms with van der Waals surface area (Å²) in [7, 11) is 1.51. The van der Waals surface area contributed by atoms with Crippen LogP contribution in [0.1, 0.15) is 29.2 Å². The van der Waals surface area contributed by atoms with Gasteiger partial charge in [-0.05, 0) is 44.0 Å². The minimum atomic E-state index is -0.783. The van der Waals surface area contributed by atoms with Gasteiger partial charge in [-0.3, -0.25) is 0 Å². The van der Waals surface area contributed by atoms with Gasteiger partial charge in [0.05, 0.1) is 13.2 Å². The van der Waals surface area contributed by atoms with Crippen molar-refractivity contribution in [2.75, 3.05) is 13.7 Å². The van der Waals surface area contributed by atoms with E-state index in [9.17, 15) is 9.50 Å². The molecule has 0 fully saturated rings. The zero-order valence-corrected chi connectivity index (χ0v) is 9.88. The van der Waals surface area contributed by atoms with Crippen molar-refractivity contribution >= 4 is 0 Å². The van der Waals surface area contributed by atoms with Crippen LogP contribution in [0, 0.1) is 19.7 Å². The zero-order valence-electron chi connectivity index (χ0n) is 9.88. The number of aliphatic hydroxyl groups excluding tert-OH is 1. The molecule has 0 amide bonds. The highest BCUT2D eigenvalue weighted by Gasteiger charge is 2.20.